The van der Waals surface area contributed by atoms with Crippen molar-refractivity contribution < 1.29 is 39.0 Å². The molecule has 1 atom stereocenters. The summed E-state index contributed by atoms with van der Waals surface area (Å²) in [4.78, 5) is 81.2. The maximum absolute atomic E-state index is 13.8. The summed E-state index contributed by atoms with van der Waals surface area (Å²) in [7, 11) is 0. The lowest BCUT2D eigenvalue weighted by Crippen LogP contribution is -2.31. The molecule has 326 valence electrons. The van der Waals surface area contributed by atoms with Gasteiger partial charge in [0.2, 0.25) is 11.8 Å². The Balaban J connectivity index is 0.953. The Hall–Kier alpha value is -7.25. The average Bonchev–Trinajstić information content (AvgIpc) is 3.99. The van der Waals surface area contributed by atoms with E-state index in [0.29, 0.717) is 78.9 Å². The number of rotatable bonds is 15. The highest BCUT2D eigenvalue weighted by Crippen LogP contribution is 2.45. The minimum Gasteiger partial charge on any atom is -0.507 e. The number of benzene rings is 5. The zero-order chi connectivity index (χ0) is 44.9. The van der Waals surface area contributed by atoms with Crippen LogP contribution in [0.2, 0.25) is 0 Å². The van der Waals surface area contributed by atoms with Gasteiger partial charge in [-0.05, 0) is 70.5 Å². The Morgan fingerprint density at radius 2 is 1.38 bits per heavy atom. The lowest BCUT2D eigenvalue weighted by atomic mass is 9.95. The monoisotopic (exact) mass is 879 g/mol. The van der Waals surface area contributed by atoms with Crippen molar-refractivity contribution in [2.24, 2.45) is 0 Å². The average molecular weight is 880 g/mol. The summed E-state index contributed by atoms with van der Waals surface area (Å²) in [5.74, 6) is -1.61. The number of hydrogen-bond donors (Lipinski definition) is 4. The molecule has 0 radical (unpaired) electrons. The van der Waals surface area contributed by atoms with Crippen LogP contribution in [0, 0.1) is 0 Å². The Bertz CT molecular complexity index is 2800. The van der Waals surface area contributed by atoms with E-state index in [-0.39, 0.29) is 72.2 Å². The van der Waals surface area contributed by atoms with Crippen molar-refractivity contribution in [3.63, 3.8) is 0 Å². The van der Waals surface area contributed by atoms with E-state index in [1.54, 1.807) is 52.3 Å². The van der Waals surface area contributed by atoms with E-state index >= 15 is 0 Å². The number of halogens is 1. The topological polar surface area (TPSA) is 177 Å². The fourth-order valence-corrected chi connectivity index (χ4v) is 8.93. The number of phenolic OH excluding ortho intramolecular Hbond substituents is 2. The van der Waals surface area contributed by atoms with Gasteiger partial charge in [0.15, 0.2) is 0 Å². The first-order valence-electron chi connectivity index (χ1n) is 21.3. The Morgan fingerprint density at radius 1 is 0.719 bits per heavy atom. The van der Waals surface area contributed by atoms with Crippen molar-refractivity contribution in [2.75, 3.05) is 47.2 Å². The molecule has 14 heteroatoms. The number of alkyl halides is 1. The third kappa shape index (κ3) is 9.11. The van der Waals surface area contributed by atoms with Gasteiger partial charge in [0.05, 0.1) is 11.4 Å². The largest absolute Gasteiger partial charge is 0.507 e. The third-order valence-corrected chi connectivity index (χ3v) is 12.3. The second kappa shape index (κ2) is 19.0. The number of nitrogens with zero attached hydrogens (tertiary/aromatic N) is 3. The Labute approximate surface area is 374 Å². The highest BCUT2D eigenvalue weighted by atomic mass is 35.5. The fourth-order valence-electron chi connectivity index (χ4n) is 8.68. The standard InChI is InChI=1S/C50H46ClN5O8/c51-29-33-30-56(41-28-43(58)37-10-5-6-11-38(37)50(33)41)49(64)17-14-31-13-15-32(16-18-46(61)54-25-22-35-34-8-3-4-9-36(34)42(57)27-40(35)54)39(26-31)53-45(60)21-23-52-44(59)12-2-1-7-24-55-47(62)19-20-48(55)63/h3-6,8-11,13-20,26-28,33,57-58H,1-2,7,12,21-25,29-30H2,(H,52,59)(H,53,60). The first-order valence-corrected chi connectivity index (χ1v) is 21.8. The van der Waals surface area contributed by atoms with Crippen LogP contribution in [0.15, 0.2) is 103 Å². The predicted octanol–water partition coefficient (Wildman–Crippen LogP) is 7.32. The summed E-state index contributed by atoms with van der Waals surface area (Å²) >= 11 is 6.39. The lowest BCUT2D eigenvalue weighted by molar-refractivity contribution is -0.137. The number of unbranched alkanes of at least 4 members (excludes halogenated alkanes) is 2. The van der Waals surface area contributed by atoms with Crippen LogP contribution in [0.5, 0.6) is 11.5 Å². The second-order valence-corrected chi connectivity index (χ2v) is 16.3. The molecule has 3 aliphatic heterocycles. The van der Waals surface area contributed by atoms with Crippen LogP contribution in [0.1, 0.15) is 60.3 Å². The molecule has 0 saturated carbocycles. The number of imide groups is 1. The van der Waals surface area contributed by atoms with Gasteiger partial charge in [-0.1, -0.05) is 67.1 Å². The molecule has 5 aromatic rings. The zero-order valence-corrected chi connectivity index (χ0v) is 35.6. The van der Waals surface area contributed by atoms with Crippen LogP contribution < -0.4 is 20.4 Å². The minimum absolute atomic E-state index is 0.0434. The van der Waals surface area contributed by atoms with Crippen molar-refractivity contribution in [1.29, 1.82) is 0 Å². The molecule has 0 bridgehead atoms. The molecule has 13 nitrogen and oxygen atoms in total. The molecule has 0 spiro atoms. The van der Waals surface area contributed by atoms with Crippen molar-refractivity contribution in [2.45, 2.75) is 44.4 Å². The van der Waals surface area contributed by atoms with Crippen LogP contribution in [-0.2, 0) is 35.2 Å². The van der Waals surface area contributed by atoms with Gasteiger partial charge in [-0.2, -0.15) is 0 Å². The van der Waals surface area contributed by atoms with Crippen molar-refractivity contribution in [3.8, 4) is 11.5 Å². The molecule has 64 heavy (non-hydrogen) atoms. The molecule has 0 saturated heterocycles. The van der Waals surface area contributed by atoms with Gasteiger partial charge < -0.3 is 30.6 Å². The molecule has 0 aliphatic carbocycles. The van der Waals surface area contributed by atoms with Crippen LogP contribution >= 0.6 is 11.6 Å². The van der Waals surface area contributed by atoms with E-state index in [4.69, 9.17) is 11.6 Å². The van der Waals surface area contributed by atoms with Gasteiger partial charge in [0.1, 0.15) is 11.5 Å². The predicted molar refractivity (Wildman–Crippen MR) is 248 cm³/mol. The normalized spacial score (nSPS) is 15.6. The Morgan fingerprint density at radius 3 is 2.11 bits per heavy atom. The number of aromatic hydroxyl groups is 2. The molecule has 1 unspecified atom stereocenters. The summed E-state index contributed by atoms with van der Waals surface area (Å²) in [6, 6.07) is 23.4. The molecular formula is C50H46ClN5O8. The number of nitrogens with one attached hydrogen (secondary N) is 2. The maximum atomic E-state index is 13.8. The van der Waals surface area contributed by atoms with E-state index in [9.17, 15) is 39.0 Å². The van der Waals surface area contributed by atoms with E-state index in [2.05, 4.69) is 10.6 Å². The highest BCUT2D eigenvalue weighted by Gasteiger charge is 2.34. The smallest absolute Gasteiger partial charge is 0.253 e. The van der Waals surface area contributed by atoms with Gasteiger partial charge in [0.25, 0.3) is 23.6 Å². The fraction of sp³-hybridized carbons (Fsp3) is 0.240. The summed E-state index contributed by atoms with van der Waals surface area (Å²) in [6.07, 6.45) is 11.1. The van der Waals surface area contributed by atoms with E-state index in [1.165, 1.54) is 29.2 Å². The van der Waals surface area contributed by atoms with Crippen LogP contribution in [0.4, 0.5) is 17.1 Å². The molecule has 8 rings (SSSR count). The molecule has 4 N–H and O–H groups in total. The number of fused-ring (bicyclic) bond motifs is 6. The molecule has 3 aliphatic rings. The number of carbonyl (C=O) groups excluding carboxylic acids is 6. The number of hydrogen-bond acceptors (Lipinski definition) is 8. The number of anilines is 3. The van der Waals surface area contributed by atoms with Crippen molar-refractivity contribution >= 4 is 97.8 Å². The lowest BCUT2D eigenvalue weighted by Gasteiger charge is -2.17. The minimum atomic E-state index is -0.393. The SMILES string of the molecule is O=C(CCCCCN1C(=O)C=CC1=O)NCCC(=O)Nc1cc(C=CC(=O)N2CC(CCl)c3c2cc(O)c2ccccc32)ccc1C=CC(=O)N1CCc2c1cc(O)c1ccccc21. The third-order valence-electron chi connectivity index (χ3n) is 11.9. The van der Waals surface area contributed by atoms with E-state index in [0.717, 1.165) is 27.3 Å². The first-order chi connectivity index (χ1) is 31.0. The highest BCUT2D eigenvalue weighted by molar-refractivity contribution is 6.19. The van der Waals surface area contributed by atoms with Crippen molar-refractivity contribution in [3.05, 3.63) is 125 Å². The zero-order valence-electron chi connectivity index (χ0n) is 34.9. The molecular weight excluding hydrogens is 834 g/mol. The van der Waals surface area contributed by atoms with Crippen molar-refractivity contribution in [1.82, 2.24) is 10.2 Å². The Kier molecular flexibility index (Phi) is 12.9. The van der Waals surface area contributed by atoms with Gasteiger partial charge in [-0.25, -0.2) is 0 Å². The number of phenols is 2. The number of amides is 6. The molecule has 0 aromatic heterocycles. The summed E-state index contributed by atoms with van der Waals surface area (Å²) in [5.41, 5.74) is 4.59. The van der Waals surface area contributed by atoms with E-state index < -0.39 is 5.91 Å². The summed E-state index contributed by atoms with van der Waals surface area (Å²) in [5, 5.41) is 30.4. The quantitative estimate of drug-likeness (QED) is 0.0366. The van der Waals surface area contributed by atoms with E-state index in [1.807, 2.05) is 48.5 Å². The second-order valence-electron chi connectivity index (χ2n) is 16.0. The summed E-state index contributed by atoms with van der Waals surface area (Å²) in [6.45, 7) is 1.14. The molecule has 0 fully saturated rings. The van der Waals surface area contributed by atoms with Crippen LogP contribution in [-0.4, -0.2) is 82.6 Å². The van der Waals surface area contributed by atoms with Gasteiger partial charge in [0, 0.05) is 104 Å². The maximum Gasteiger partial charge on any atom is 0.253 e. The van der Waals surface area contributed by atoms with Gasteiger partial charge in [-0.3, -0.25) is 33.7 Å². The summed E-state index contributed by atoms with van der Waals surface area (Å²) < 4.78 is 0. The first kappa shape index (κ1) is 43.4. The van der Waals surface area contributed by atoms with Crippen LogP contribution in [0.3, 0.4) is 0 Å². The molecule has 3 heterocycles. The van der Waals surface area contributed by atoms with Gasteiger partial charge >= 0.3 is 0 Å². The van der Waals surface area contributed by atoms with Gasteiger partial charge in [-0.15, -0.1) is 11.6 Å². The number of carbonyl (C=O) groups is 6. The molecule has 6 amide bonds. The molecule has 5 aromatic carbocycles. The van der Waals surface area contributed by atoms with Crippen LogP contribution in [0.25, 0.3) is 33.7 Å².